The molecule has 0 atom stereocenters. The zero-order valence-corrected chi connectivity index (χ0v) is 17.3. The second kappa shape index (κ2) is 8.08. The molecule has 0 radical (unpaired) electrons. The first-order chi connectivity index (χ1) is 14.3. The molecule has 1 heterocycles. The Morgan fingerprint density at radius 1 is 0.897 bits per heavy atom. The van der Waals surface area contributed by atoms with Gasteiger partial charge in [0, 0.05) is 18.6 Å². The van der Waals surface area contributed by atoms with Crippen LogP contribution in [-0.4, -0.2) is 30.2 Å². The van der Waals surface area contributed by atoms with E-state index in [9.17, 15) is 0 Å². The smallest absolute Gasteiger partial charge is 0.0880 e. The van der Waals surface area contributed by atoms with E-state index in [1.54, 1.807) is 0 Å². The van der Waals surface area contributed by atoms with Crippen LogP contribution in [-0.2, 0) is 6.54 Å². The first kappa shape index (κ1) is 18.5. The van der Waals surface area contributed by atoms with Gasteiger partial charge in [0.1, 0.15) is 0 Å². The first-order valence-corrected chi connectivity index (χ1v) is 11.1. The van der Waals surface area contributed by atoms with Crippen molar-refractivity contribution < 1.29 is 0 Å². The number of rotatable bonds is 5. The maximum absolute atomic E-state index is 3.56. The van der Waals surface area contributed by atoms with Crippen molar-refractivity contribution in [1.82, 2.24) is 4.90 Å². The van der Waals surface area contributed by atoms with Gasteiger partial charge in [0.2, 0.25) is 0 Å². The van der Waals surface area contributed by atoms with Crippen molar-refractivity contribution in [2.45, 2.75) is 51.2 Å². The van der Waals surface area contributed by atoms with E-state index in [0.29, 0.717) is 12.1 Å². The van der Waals surface area contributed by atoms with Gasteiger partial charge in [-0.1, -0.05) is 55.5 Å². The van der Waals surface area contributed by atoms with E-state index >= 15 is 0 Å². The minimum atomic E-state index is 0.668. The molecule has 3 aromatic carbocycles. The van der Waals surface area contributed by atoms with Crippen molar-refractivity contribution in [1.29, 1.82) is 0 Å². The van der Waals surface area contributed by atoms with E-state index in [1.807, 2.05) is 0 Å². The maximum Gasteiger partial charge on any atom is 0.0880 e. The Kier molecular flexibility index (Phi) is 5.15. The highest BCUT2D eigenvalue weighted by molar-refractivity contribution is 5.83. The number of para-hydroxylation sites is 2. The van der Waals surface area contributed by atoms with Crippen LogP contribution in [0.2, 0.25) is 0 Å². The van der Waals surface area contributed by atoms with Crippen molar-refractivity contribution in [2.24, 2.45) is 0 Å². The summed E-state index contributed by atoms with van der Waals surface area (Å²) in [6, 6.07) is 25.7. The highest BCUT2D eigenvalue weighted by atomic mass is 15.3. The molecule has 1 aliphatic carbocycles. The van der Waals surface area contributed by atoms with E-state index in [1.165, 1.54) is 53.4 Å². The Hall–Kier alpha value is -2.52. The molecule has 3 aromatic rings. The second-order valence-electron chi connectivity index (χ2n) is 8.53. The molecule has 0 bridgehead atoms. The minimum Gasteiger partial charge on any atom is -0.366 e. The van der Waals surface area contributed by atoms with Crippen molar-refractivity contribution in [2.75, 3.05) is 23.4 Å². The molecular formula is C26H31N3. The van der Waals surface area contributed by atoms with Crippen LogP contribution in [0.25, 0.3) is 10.8 Å². The van der Waals surface area contributed by atoms with Crippen molar-refractivity contribution >= 4 is 22.1 Å². The van der Waals surface area contributed by atoms with Gasteiger partial charge in [0.05, 0.1) is 18.0 Å². The van der Waals surface area contributed by atoms with Gasteiger partial charge < -0.3 is 10.2 Å². The molecule has 1 fully saturated rings. The third-order valence-electron chi connectivity index (χ3n) is 6.88. The SMILES string of the molecule is CCN(Cc1ccc2ccccc2c1)C1CCC(N2CNc3ccccc32)CC1. The standard InChI is InChI=1S/C26H31N3/c1-2-28(18-20-11-12-21-7-3-4-8-22(21)17-20)23-13-15-24(16-14-23)29-19-27-25-9-5-6-10-26(25)29/h3-12,17,23-24,27H,2,13-16,18-19H2,1H3. The molecule has 29 heavy (non-hydrogen) atoms. The molecule has 5 rings (SSSR count). The topological polar surface area (TPSA) is 18.5 Å². The molecule has 2 aliphatic rings. The van der Waals surface area contributed by atoms with E-state index in [0.717, 1.165) is 19.8 Å². The van der Waals surface area contributed by atoms with Gasteiger partial charge in [-0.05, 0) is 66.8 Å². The van der Waals surface area contributed by atoms with E-state index in [-0.39, 0.29) is 0 Å². The van der Waals surface area contributed by atoms with Gasteiger partial charge in [-0.2, -0.15) is 0 Å². The lowest BCUT2D eigenvalue weighted by atomic mass is 9.88. The van der Waals surface area contributed by atoms with Crippen LogP contribution in [0.4, 0.5) is 11.4 Å². The fraction of sp³-hybridized carbons (Fsp3) is 0.385. The molecule has 3 nitrogen and oxygen atoms in total. The van der Waals surface area contributed by atoms with Gasteiger partial charge in [-0.15, -0.1) is 0 Å². The molecular weight excluding hydrogens is 354 g/mol. The molecule has 1 N–H and O–H groups in total. The molecule has 0 spiro atoms. The summed E-state index contributed by atoms with van der Waals surface area (Å²) in [6.07, 6.45) is 5.17. The summed E-state index contributed by atoms with van der Waals surface area (Å²) < 4.78 is 0. The summed E-state index contributed by atoms with van der Waals surface area (Å²) in [4.78, 5) is 5.28. The van der Waals surface area contributed by atoms with Gasteiger partial charge in [0.15, 0.2) is 0 Å². The number of nitrogens with one attached hydrogen (secondary N) is 1. The van der Waals surface area contributed by atoms with E-state index in [2.05, 4.69) is 88.8 Å². The number of benzene rings is 3. The van der Waals surface area contributed by atoms with Gasteiger partial charge >= 0.3 is 0 Å². The lowest BCUT2D eigenvalue weighted by molar-refractivity contribution is 0.148. The summed E-state index contributed by atoms with van der Waals surface area (Å²) in [6.45, 7) is 5.46. The predicted molar refractivity (Wildman–Crippen MR) is 123 cm³/mol. The quantitative estimate of drug-likeness (QED) is 0.593. The Labute approximate surface area is 174 Å². The first-order valence-electron chi connectivity index (χ1n) is 11.1. The van der Waals surface area contributed by atoms with Crippen LogP contribution in [0, 0.1) is 0 Å². The normalized spacial score (nSPS) is 21.4. The number of anilines is 2. The van der Waals surface area contributed by atoms with Crippen LogP contribution in [0.5, 0.6) is 0 Å². The third kappa shape index (κ3) is 3.72. The van der Waals surface area contributed by atoms with Crippen LogP contribution in [0.15, 0.2) is 66.7 Å². The van der Waals surface area contributed by atoms with Crippen molar-refractivity contribution in [3.63, 3.8) is 0 Å². The average molecular weight is 386 g/mol. The van der Waals surface area contributed by atoms with Gasteiger partial charge in [-0.25, -0.2) is 0 Å². The Morgan fingerprint density at radius 2 is 1.66 bits per heavy atom. The molecule has 1 aliphatic heterocycles. The monoisotopic (exact) mass is 385 g/mol. The van der Waals surface area contributed by atoms with Crippen molar-refractivity contribution in [3.8, 4) is 0 Å². The third-order valence-corrected chi connectivity index (χ3v) is 6.88. The number of nitrogens with zero attached hydrogens (tertiary/aromatic N) is 2. The minimum absolute atomic E-state index is 0.668. The van der Waals surface area contributed by atoms with Gasteiger partial charge in [0.25, 0.3) is 0 Å². The Bertz CT molecular complexity index is 974. The fourth-order valence-corrected chi connectivity index (χ4v) is 5.26. The lowest BCUT2D eigenvalue weighted by Crippen LogP contribution is -2.44. The fourth-order valence-electron chi connectivity index (χ4n) is 5.26. The van der Waals surface area contributed by atoms with E-state index < -0.39 is 0 Å². The summed E-state index contributed by atoms with van der Waals surface area (Å²) >= 11 is 0. The van der Waals surface area contributed by atoms with Crippen LogP contribution in [0.3, 0.4) is 0 Å². The summed E-state index contributed by atoms with van der Waals surface area (Å²) in [7, 11) is 0. The lowest BCUT2D eigenvalue weighted by Gasteiger charge is -2.40. The molecule has 3 heteroatoms. The van der Waals surface area contributed by atoms with Crippen LogP contribution < -0.4 is 10.2 Å². The largest absolute Gasteiger partial charge is 0.366 e. The highest BCUT2D eigenvalue weighted by Gasteiger charge is 2.31. The molecule has 0 saturated heterocycles. The summed E-state index contributed by atoms with van der Waals surface area (Å²) in [5, 5.41) is 6.24. The van der Waals surface area contributed by atoms with Crippen molar-refractivity contribution in [3.05, 3.63) is 72.3 Å². The predicted octanol–water partition coefficient (Wildman–Crippen LogP) is 5.86. The Balaban J connectivity index is 1.23. The Morgan fingerprint density at radius 3 is 2.48 bits per heavy atom. The highest BCUT2D eigenvalue weighted by Crippen LogP contribution is 2.37. The maximum atomic E-state index is 3.56. The zero-order chi connectivity index (χ0) is 19.6. The molecule has 150 valence electrons. The molecule has 0 unspecified atom stereocenters. The average Bonchev–Trinajstić information content (AvgIpc) is 3.22. The number of hydrogen-bond donors (Lipinski definition) is 1. The van der Waals surface area contributed by atoms with Gasteiger partial charge in [-0.3, -0.25) is 4.90 Å². The number of hydrogen-bond acceptors (Lipinski definition) is 3. The number of fused-ring (bicyclic) bond motifs is 2. The van der Waals surface area contributed by atoms with Crippen LogP contribution >= 0.6 is 0 Å². The molecule has 0 amide bonds. The zero-order valence-electron chi connectivity index (χ0n) is 17.3. The summed E-state index contributed by atoms with van der Waals surface area (Å²) in [5.74, 6) is 0. The van der Waals surface area contributed by atoms with E-state index in [4.69, 9.17) is 0 Å². The van der Waals surface area contributed by atoms with Crippen LogP contribution in [0.1, 0.15) is 38.2 Å². The summed E-state index contributed by atoms with van der Waals surface area (Å²) in [5.41, 5.74) is 4.12. The molecule has 1 saturated carbocycles. The second-order valence-corrected chi connectivity index (χ2v) is 8.53. The molecule has 0 aromatic heterocycles.